The van der Waals surface area contributed by atoms with E-state index in [1.807, 2.05) is 30.3 Å². The fourth-order valence-corrected chi connectivity index (χ4v) is 4.89. The molecule has 3 aromatic rings. The minimum Gasteiger partial charge on any atom is -0.258 e. The minimum atomic E-state index is -3.88. The van der Waals surface area contributed by atoms with Crippen LogP contribution in [0.25, 0.3) is 0 Å². The van der Waals surface area contributed by atoms with E-state index in [1.165, 1.54) is 23.9 Å². The molecule has 0 aliphatic carbocycles. The molecule has 0 radical (unpaired) electrons. The molecule has 0 saturated heterocycles. The van der Waals surface area contributed by atoms with E-state index in [4.69, 9.17) is 0 Å². The maximum absolute atomic E-state index is 12.3. The molecule has 26 heavy (non-hydrogen) atoms. The summed E-state index contributed by atoms with van der Waals surface area (Å²) in [6.45, 7) is 0. The second-order valence-electron chi connectivity index (χ2n) is 5.00. The van der Waals surface area contributed by atoms with E-state index in [1.54, 1.807) is 0 Å². The Morgan fingerprint density at radius 1 is 1.08 bits per heavy atom. The third-order valence-electron chi connectivity index (χ3n) is 3.19. The molecule has 0 amide bonds. The number of nitro groups is 1. The first-order valence-electron chi connectivity index (χ1n) is 7.21. The number of thioether (sulfide) groups is 1. The van der Waals surface area contributed by atoms with Gasteiger partial charge in [0.15, 0.2) is 4.34 Å². The van der Waals surface area contributed by atoms with Crippen molar-refractivity contribution in [3.05, 3.63) is 70.3 Å². The molecule has 8 nitrogen and oxygen atoms in total. The van der Waals surface area contributed by atoms with Crippen LogP contribution in [0, 0.1) is 10.1 Å². The minimum absolute atomic E-state index is 0.0863. The van der Waals surface area contributed by atoms with E-state index in [0.29, 0.717) is 10.1 Å². The predicted molar refractivity (Wildman–Crippen MR) is 99.8 cm³/mol. The summed E-state index contributed by atoms with van der Waals surface area (Å²) in [7, 11) is -3.88. The van der Waals surface area contributed by atoms with E-state index in [-0.39, 0.29) is 15.7 Å². The first-order valence-corrected chi connectivity index (χ1v) is 10.5. The van der Waals surface area contributed by atoms with Crippen LogP contribution in [0.1, 0.15) is 5.56 Å². The van der Waals surface area contributed by atoms with Crippen LogP contribution in [0.15, 0.2) is 63.8 Å². The molecule has 0 bridgehead atoms. The number of nitrogens with one attached hydrogen (secondary N) is 1. The van der Waals surface area contributed by atoms with Crippen LogP contribution in [-0.4, -0.2) is 23.5 Å². The zero-order valence-electron chi connectivity index (χ0n) is 13.1. The third-order valence-corrected chi connectivity index (χ3v) is 6.72. The topological polar surface area (TPSA) is 115 Å². The molecular formula is C15H12N4O4S3. The summed E-state index contributed by atoms with van der Waals surface area (Å²) in [6, 6.07) is 14.4. The van der Waals surface area contributed by atoms with Crippen LogP contribution in [-0.2, 0) is 15.8 Å². The molecule has 1 N–H and O–H groups in total. The molecule has 1 heterocycles. The van der Waals surface area contributed by atoms with Crippen molar-refractivity contribution in [1.82, 2.24) is 10.2 Å². The van der Waals surface area contributed by atoms with Gasteiger partial charge in [-0.2, -0.15) is 0 Å². The Labute approximate surface area is 157 Å². The summed E-state index contributed by atoms with van der Waals surface area (Å²) in [5, 5.41) is 18.6. The Hall–Kier alpha value is -2.50. The van der Waals surface area contributed by atoms with Crippen LogP contribution in [0.2, 0.25) is 0 Å². The Kier molecular flexibility index (Phi) is 5.49. The predicted octanol–water partition coefficient (Wildman–Crippen LogP) is 3.54. The van der Waals surface area contributed by atoms with Crippen LogP contribution >= 0.6 is 23.1 Å². The fourth-order valence-electron chi connectivity index (χ4n) is 1.95. The van der Waals surface area contributed by atoms with Gasteiger partial charge in [-0.15, -0.1) is 10.2 Å². The van der Waals surface area contributed by atoms with Gasteiger partial charge >= 0.3 is 0 Å². The normalized spacial score (nSPS) is 11.2. The number of sulfonamides is 1. The highest BCUT2D eigenvalue weighted by atomic mass is 32.2. The molecule has 3 rings (SSSR count). The van der Waals surface area contributed by atoms with Crippen molar-refractivity contribution in [3.63, 3.8) is 0 Å². The van der Waals surface area contributed by atoms with Gasteiger partial charge < -0.3 is 0 Å². The van der Waals surface area contributed by atoms with Gasteiger partial charge in [0.05, 0.1) is 9.82 Å². The number of nitrogens with zero attached hydrogens (tertiary/aromatic N) is 3. The first-order chi connectivity index (χ1) is 12.4. The standard InChI is InChI=1S/C15H12N4O4S3/c20-19(21)12-6-8-13(9-7-12)26(22,23)18-14-16-17-15(25-14)24-10-11-4-2-1-3-5-11/h1-9H,10H2,(H,16,18). The average molecular weight is 408 g/mol. The summed E-state index contributed by atoms with van der Waals surface area (Å²) in [6.07, 6.45) is 0. The molecule has 0 aliphatic heterocycles. The molecule has 1 aromatic heterocycles. The van der Waals surface area contributed by atoms with Crippen molar-refractivity contribution in [2.24, 2.45) is 0 Å². The maximum atomic E-state index is 12.3. The number of non-ortho nitro benzene ring substituents is 1. The Morgan fingerprint density at radius 3 is 2.42 bits per heavy atom. The van der Waals surface area contributed by atoms with Gasteiger partial charge in [0, 0.05) is 17.9 Å². The zero-order valence-corrected chi connectivity index (χ0v) is 15.6. The Bertz CT molecular complexity index is 1000. The highest BCUT2D eigenvalue weighted by molar-refractivity contribution is 8.00. The van der Waals surface area contributed by atoms with Crippen molar-refractivity contribution in [2.75, 3.05) is 4.72 Å². The molecule has 0 aliphatic rings. The molecule has 0 saturated carbocycles. The lowest BCUT2D eigenvalue weighted by Gasteiger charge is -2.03. The van der Waals surface area contributed by atoms with Crippen molar-refractivity contribution in [2.45, 2.75) is 15.0 Å². The summed E-state index contributed by atoms with van der Waals surface area (Å²) in [5.41, 5.74) is 0.945. The van der Waals surface area contributed by atoms with E-state index < -0.39 is 14.9 Å². The quantitative estimate of drug-likeness (QED) is 0.361. The van der Waals surface area contributed by atoms with Crippen LogP contribution in [0.4, 0.5) is 10.8 Å². The maximum Gasteiger partial charge on any atom is 0.269 e. The average Bonchev–Trinajstić information content (AvgIpc) is 3.07. The van der Waals surface area contributed by atoms with Gasteiger partial charge in [0.2, 0.25) is 5.13 Å². The van der Waals surface area contributed by atoms with E-state index in [0.717, 1.165) is 29.0 Å². The van der Waals surface area contributed by atoms with E-state index in [2.05, 4.69) is 14.9 Å². The van der Waals surface area contributed by atoms with Gasteiger partial charge in [-0.05, 0) is 17.7 Å². The van der Waals surface area contributed by atoms with Crippen molar-refractivity contribution in [3.8, 4) is 0 Å². The van der Waals surface area contributed by atoms with Gasteiger partial charge in [0.25, 0.3) is 15.7 Å². The molecule has 11 heteroatoms. The van der Waals surface area contributed by atoms with Crippen molar-refractivity contribution >= 4 is 43.9 Å². The van der Waals surface area contributed by atoms with Gasteiger partial charge in [-0.1, -0.05) is 53.4 Å². The molecule has 0 fully saturated rings. The number of rotatable bonds is 7. The number of anilines is 1. The summed E-state index contributed by atoms with van der Waals surface area (Å²) >= 11 is 2.58. The number of benzene rings is 2. The number of nitro benzene ring substituents is 1. The number of hydrogen-bond acceptors (Lipinski definition) is 8. The Balaban J connectivity index is 1.66. The molecular weight excluding hydrogens is 396 g/mol. The Morgan fingerprint density at radius 2 is 1.77 bits per heavy atom. The lowest BCUT2D eigenvalue weighted by molar-refractivity contribution is -0.384. The van der Waals surface area contributed by atoms with Crippen LogP contribution in [0.3, 0.4) is 0 Å². The second kappa shape index (κ2) is 7.81. The highest BCUT2D eigenvalue weighted by Crippen LogP contribution is 2.29. The van der Waals surface area contributed by atoms with Gasteiger partial charge in [0.1, 0.15) is 0 Å². The van der Waals surface area contributed by atoms with Crippen LogP contribution < -0.4 is 4.72 Å². The van der Waals surface area contributed by atoms with Crippen molar-refractivity contribution < 1.29 is 13.3 Å². The lowest BCUT2D eigenvalue weighted by atomic mass is 10.2. The summed E-state index contributed by atoms with van der Waals surface area (Å²) in [4.78, 5) is 9.96. The smallest absolute Gasteiger partial charge is 0.258 e. The van der Waals surface area contributed by atoms with Crippen LogP contribution in [0.5, 0.6) is 0 Å². The monoisotopic (exact) mass is 408 g/mol. The number of hydrogen-bond donors (Lipinski definition) is 1. The largest absolute Gasteiger partial charge is 0.269 e. The molecule has 0 atom stereocenters. The fraction of sp³-hybridized carbons (Fsp3) is 0.0667. The van der Waals surface area contributed by atoms with E-state index in [9.17, 15) is 18.5 Å². The third kappa shape index (κ3) is 4.56. The highest BCUT2D eigenvalue weighted by Gasteiger charge is 2.18. The molecule has 2 aromatic carbocycles. The molecule has 0 unspecified atom stereocenters. The zero-order chi connectivity index (χ0) is 18.6. The van der Waals surface area contributed by atoms with Crippen molar-refractivity contribution in [1.29, 1.82) is 0 Å². The lowest BCUT2D eigenvalue weighted by Crippen LogP contribution is -2.12. The summed E-state index contributed by atoms with van der Waals surface area (Å²) in [5.74, 6) is 0.699. The van der Waals surface area contributed by atoms with Gasteiger partial charge in [-0.25, -0.2) is 8.42 Å². The first kappa shape index (κ1) is 18.3. The SMILES string of the molecule is O=[N+]([O-])c1ccc(S(=O)(=O)Nc2nnc(SCc3ccccc3)s2)cc1. The van der Waals surface area contributed by atoms with E-state index >= 15 is 0 Å². The molecule has 0 spiro atoms. The molecule has 134 valence electrons. The summed E-state index contributed by atoms with van der Waals surface area (Å²) < 4.78 is 27.6. The second-order valence-corrected chi connectivity index (χ2v) is 8.89. The van der Waals surface area contributed by atoms with Gasteiger partial charge in [-0.3, -0.25) is 14.8 Å². The number of aromatic nitrogens is 2.